The van der Waals surface area contributed by atoms with Crippen LogP contribution in [-0.4, -0.2) is 40.4 Å². The number of hydrogen-bond donors (Lipinski definition) is 1. The van der Waals surface area contributed by atoms with Gasteiger partial charge in [0, 0.05) is 30.8 Å². The zero-order valence-corrected chi connectivity index (χ0v) is 12.4. The van der Waals surface area contributed by atoms with Crippen molar-refractivity contribution >= 4 is 17.6 Å². The lowest BCUT2D eigenvalue weighted by atomic mass is 10.0. The predicted octanol–water partition coefficient (Wildman–Crippen LogP) is 2.00. The first-order valence-corrected chi connectivity index (χ1v) is 6.39. The van der Waals surface area contributed by atoms with Crippen LogP contribution in [0.5, 0.6) is 0 Å². The molecule has 0 radical (unpaired) electrons. The van der Waals surface area contributed by atoms with Crippen LogP contribution >= 0.6 is 0 Å². The van der Waals surface area contributed by atoms with Crippen molar-refractivity contribution in [1.29, 1.82) is 0 Å². The topological polar surface area (TPSA) is 101 Å². The van der Waals surface area contributed by atoms with Crippen molar-refractivity contribution in [1.82, 2.24) is 4.90 Å². The van der Waals surface area contributed by atoms with E-state index in [9.17, 15) is 19.7 Å². The summed E-state index contributed by atoms with van der Waals surface area (Å²) in [5.41, 5.74) is 1.20. The second-order valence-corrected chi connectivity index (χ2v) is 5.14. The number of carboxylic acid groups (broad SMARTS) is 1. The monoisotopic (exact) mass is 294 g/mol. The molecule has 1 aromatic carbocycles. The van der Waals surface area contributed by atoms with E-state index in [1.165, 1.54) is 24.9 Å². The number of benzene rings is 1. The normalized spacial score (nSPS) is 11.8. The highest BCUT2D eigenvalue weighted by atomic mass is 16.6. The molecular formula is C14H18N2O5. The minimum Gasteiger partial charge on any atom is -0.481 e. The van der Waals surface area contributed by atoms with Crippen molar-refractivity contribution in [3.63, 3.8) is 0 Å². The number of carboxylic acids is 1. The summed E-state index contributed by atoms with van der Waals surface area (Å²) in [4.78, 5) is 34.8. The Balaban J connectivity index is 3.09. The van der Waals surface area contributed by atoms with Crippen LogP contribution in [0.15, 0.2) is 12.1 Å². The minimum absolute atomic E-state index is 0.0370. The smallest absolute Gasteiger partial charge is 0.308 e. The van der Waals surface area contributed by atoms with E-state index < -0.39 is 22.7 Å². The van der Waals surface area contributed by atoms with Crippen LogP contribution in [0.25, 0.3) is 0 Å². The first-order chi connectivity index (χ1) is 9.65. The minimum atomic E-state index is -0.999. The van der Waals surface area contributed by atoms with Gasteiger partial charge in [0.05, 0.1) is 10.8 Å². The van der Waals surface area contributed by atoms with Gasteiger partial charge in [0.2, 0.25) is 0 Å². The Bertz CT molecular complexity index is 597. The average molecular weight is 294 g/mol. The summed E-state index contributed by atoms with van der Waals surface area (Å²) in [6.45, 7) is 4.83. The van der Waals surface area contributed by atoms with Crippen LogP contribution in [0.2, 0.25) is 0 Å². The number of hydrogen-bond acceptors (Lipinski definition) is 4. The zero-order chi connectivity index (χ0) is 16.3. The van der Waals surface area contributed by atoms with E-state index in [-0.39, 0.29) is 17.8 Å². The van der Waals surface area contributed by atoms with Crippen molar-refractivity contribution in [2.45, 2.75) is 20.8 Å². The maximum absolute atomic E-state index is 12.3. The van der Waals surface area contributed by atoms with E-state index in [0.29, 0.717) is 11.1 Å². The molecule has 1 amide bonds. The van der Waals surface area contributed by atoms with E-state index in [0.717, 1.165) is 0 Å². The molecule has 0 aliphatic rings. The van der Waals surface area contributed by atoms with Crippen LogP contribution in [0, 0.1) is 29.9 Å². The molecule has 0 fully saturated rings. The number of aliphatic carboxylic acids is 1. The summed E-state index contributed by atoms with van der Waals surface area (Å²) in [5.74, 6) is -2.13. The van der Waals surface area contributed by atoms with Gasteiger partial charge in [-0.3, -0.25) is 19.7 Å². The number of nitro groups is 1. The van der Waals surface area contributed by atoms with Gasteiger partial charge in [-0.2, -0.15) is 0 Å². The van der Waals surface area contributed by atoms with Gasteiger partial charge in [-0.25, -0.2) is 0 Å². The second-order valence-electron chi connectivity index (χ2n) is 5.14. The summed E-state index contributed by atoms with van der Waals surface area (Å²) >= 11 is 0. The summed E-state index contributed by atoms with van der Waals surface area (Å²) in [6.07, 6.45) is 0. The molecule has 21 heavy (non-hydrogen) atoms. The Morgan fingerprint density at radius 3 is 2.38 bits per heavy atom. The lowest BCUT2D eigenvalue weighted by Crippen LogP contribution is -2.34. The molecule has 0 aromatic heterocycles. The molecule has 1 rings (SSSR count). The number of nitro benzene ring substituents is 1. The molecule has 1 atom stereocenters. The molecular weight excluding hydrogens is 276 g/mol. The van der Waals surface area contributed by atoms with Gasteiger partial charge in [0.1, 0.15) is 0 Å². The number of carbonyl (C=O) groups excluding carboxylic acids is 1. The van der Waals surface area contributed by atoms with E-state index in [4.69, 9.17) is 5.11 Å². The molecule has 1 aromatic rings. The number of amides is 1. The molecule has 0 saturated heterocycles. The Morgan fingerprint density at radius 1 is 1.33 bits per heavy atom. The average Bonchev–Trinajstić information content (AvgIpc) is 2.37. The van der Waals surface area contributed by atoms with E-state index in [2.05, 4.69) is 0 Å². The Labute approximate surface area is 122 Å². The van der Waals surface area contributed by atoms with E-state index >= 15 is 0 Å². The molecule has 7 heteroatoms. The van der Waals surface area contributed by atoms with Crippen LogP contribution in [0.1, 0.15) is 28.4 Å². The maximum atomic E-state index is 12.3. The fourth-order valence-corrected chi connectivity index (χ4v) is 2.05. The summed E-state index contributed by atoms with van der Waals surface area (Å²) in [5, 5.41) is 19.8. The SMILES string of the molecule is Cc1cc(C)c([N+](=O)[O-])cc1C(=O)N(C)CC(C)C(=O)O. The standard InChI is InChI=1S/C14H18N2O5/c1-8-5-9(2)12(16(20)21)6-11(8)13(17)15(4)7-10(3)14(18)19/h5-6,10H,7H2,1-4H3,(H,18,19). The molecule has 0 spiro atoms. The predicted molar refractivity (Wildman–Crippen MR) is 76.3 cm³/mol. The fraction of sp³-hybridized carbons (Fsp3) is 0.429. The highest BCUT2D eigenvalue weighted by Gasteiger charge is 2.22. The second kappa shape index (κ2) is 6.34. The quantitative estimate of drug-likeness (QED) is 0.661. The largest absolute Gasteiger partial charge is 0.481 e. The third-order valence-electron chi connectivity index (χ3n) is 3.29. The first kappa shape index (κ1) is 16.6. The molecule has 0 bridgehead atoms. The fourth-order valence-electron chi connectivity index (χ4n) is 2.05. The van der Waals surface area contributed by atoms with Crippen molar-refractivity contribution in [3.8, 4) is 0 Å². The van der Waals surface area contributed by atoms with Crippen LogP contribution in [-0.2, 0) is 4.79 Å². The zero-order valence-electron chi connectivity index (χ0n) is 12.4. The Hall–Kier alpha value is -2.44. The van der Waals surface area contributed by atoms with E-state index in [1.54, 1.807) is 19.9 Å². The third-order valence-corrected chi connectivity index (χ3v) is 3.29. The molecule has 0 heterocycles. The van der Waals surface area contributed by atoms with Gasteiger partial charge in [-0.15, -0.1) is 0 Å². The molecule has 0 aliphatic carbocycles. The molecule has 0 saturated carbocycles. The lowest BCUT2D eigenvalue weighted by molar-refractivity contribution is -0.385. The molecule has 1 unspecified atom stereocenters. The summed E-state index contributed by atoms with van der Waals surface area (Å²) < 4.78 is 0. The number of carbonyl (C=O) groups is 2. The Kier molecular flexibility index (Phi) is 5.02. The molecule has 114 valence electrons. The van der Waals surface area contributed by atoms with Crippen molar-refractivity contribution < 1.29 is 19.6 Å². The van der Waals surface area contributed by atoms with Crippen molar-refractivity contribution in [2.24, 2.45) is 5.92 Å². The summed E-state index contributed by atoms with van der Waals surface area (Å²) in [7, 11) is 1.48. The summed E-state index contributed by atoms with van der Waals surface area (Å²) in [6, 6.07) is 2.83. The van der Waals surface area contributed by atoms with Gasteiger partial charge >= 0.3 is 5.97 Å². The van der Waals surface area contributed by atoms with Crippen molar-refractivity contribution in [3.05, 3.63) is 38.9 Å². The molecule has 7 nitrogen and oxygen atoms in total. The van der Waals surface area contributed by atoms with E-state index in [1.807, 2.05) is 0 Å². The van der Waals surface area contributed by atoms with Gasteiger partial charge in [0.25, 0.3) is 11.6 Å². The van der Waals surface area contributed by atoms with Crippen LogP contribution in [0.4, 0.5) is 5.69 Å². The van der Waals surface area contributed by atoms with Crippen LogP contribution in [0.3, 0.4) is 0 Å². The maximum Gasteiger partial charge on any atom is 0.308 e. The van der Waals surface area contributed by atoms with Gasteiger partial charge in [0.15, 0.2) is 0 Å². The molecule has 1 N–H and O–H groups in total. The van der Waals surface area contributed by atoms with Crippen molar-refractivity contribution in [2.75, 3.05) is 13.6 Å². The Morgan fingerprint density at radius 2 is 1.90 bits per heavy atom. The van der Waals surface area contributed by atoms with Gasteiger partial charge in [-0.1, -0.05) is 6.92 Å². The first-order valence-electron chi connectivity index (χ1n) is 6.39. The lowest BCUT2D eigenvalue weighted by Gasteiger charge is -2.20. The van der Waals surface area contributed by atoms with Gasteiger partial charge < -0.3 is 10.0 Å². The number of rotatable bonds is 5. The number of aryl methyl sites for hydroxylation is 2. The highest BCUT2D eigenvalue weighted by molar-refractivity contribution is 5.96. The third kappa shape index (κ3) is 3.77. The van der Waals surface area contributed by atoms with Gasteiger partial charge in [-0.05, 0) is 25.5 Å². The van der Waals surface area contributed by atoms with Crippen LogP contribution < -0.4 is 0 Å². The highest BCUT2D eigenvalue weighted by Crippen LogP contribution is 2.23. The molecule has 0 aliphatic heterocycles. The number of nitrogens with zero attached hydrogens (tertiary/aromatic N) is 2.